The van der Waals surface area contributed by atoms with E-state index in [4.69, 9.17) is 0 Å². The quantitative estimate of drug-likeness (QED) is 0.530. The molecule has 5 heteroatoms. The Bertz CT molecular complexity index is 401. The van der Waals surface area contributed by atoms with Gasteiger partial charge in [-0.25, -0.2) is 4.79 Å². The molecule has 0 atom stereocenters. The van der Waals surface area contributed by atoms with Crippen LogP contribution < -0.4 is 10.6 Å². The summed E-state index contributed by atoms with van der Waals surface area (Å²) in [4.78, 5) is 23.8. The van der Waals surface area contributed by atoms with Gasteiger partial charge in [0, 0.05) is 18.7 Å². The molecule has 106 valence electrons. The van der Waals surface area contributed by atoms with Gasteiger partial charge in [-0.05, 0) is 25.3 Å². The number of nitrogens with one attached hydrogen (secondary N) is 2. The van der Waals surface area contributed by atoms with Gasteiger partial charge in [0.1, 0.15) is 5.54 Å². The molecule has 1 amide bonds. The third kappa shape index (κ3) is 2.97. The first-order valence-corrected chi connectivity index (χ1v) is 7.00. The first kappa shape index (κ1) is 14.1. The van der Waals surface area contributed by atoms with Crippen molar-refractivity contribution in [3.63, 3.8) is 0 Å². The lowest BCUT2D eigenvalue weighted by Crippen LogP contribution is -2.55. The van der Waals surface area contributed by atoms with E-state index >= 15 is 0 Å². The monoisotopic (exact) mass is 266 g/mol. The molecular formula is C14H22N2O3. The minimum absolute atomic E-state index is 0.221. The molecule has 0 bridgehead atoms. The highest BCUT2D eigenvalue weighted by Gasteiger charge is 2.40. The van der Waals surface area contributed by atoms with E-state index in [2.05, 4.69) is 10.6 Å². The first-order chi connectivity index (χ1) is 9.05. The van der Waals surface area contributed by atoms with Crippen LogP contribution in [-0.2, 0) is 9.59 Å². The molecule has 0 radical (unpaired) electrons. The summed E-state index contributed by atoms with van der Waals surface area (Å²) >= 11 is 0. The third-order valence-electron chi connectivity index (χ3n) is 4.27. The number of aliphatic carboxylic acids is 1. The normalized spacial score (nSPS) is 22.1. The van der Waals surface area contributed by atoms with E-state index in [0.29, 0.717) is 18.4 Å². The van der Waals surface area contributed by atoms with Crippen molar-refractivity contribution in [2.45, 2.75) is 51.0 Å². The molecule has 2 aliphatic rings. The lowest BCUT2D eigenvalue weighted by atomic mass is 9.89. The molecule has 19 heavy (non-hydrogen) atoms. The van der Waals surface area contributed by atoms with E-state index in [0.717, 1.165) is 44.3 Å². The fourth-order valence-electron chi connectivity index (χ4n) is 2.71. The van der Waals surface area contributed by atoms with Gasteiger partial charge in [-0.15, -0.1) is 0 Å². The summed E-state index contributed by atoms with van der Waals surface area (Å²) in [5, 5.41) is 15.4. The van der Waals surface area contributed by atoms with Crippen molar-refractivity contribution < 1.29 is 14.7 Å². The molecule has 1 heterocycles. The molecule has 1 aliphatic carbocycles. The van der Waals surface area contributed by atoms with Crippen molar-refractivity contribution in [3.8, 4) is 0 Å². The minimum atomic E-state index is -1.06. The number of carboxylic acid groups (broad SMARTS) is 1. The van der Waals surface area contributed by atoms with Gasteiger partial charge in [-0.3, -0.25) is 4.79 Å². The Morgan fingerprint density at radius 2 is 1.74 bits per heavy atom. The number of amides is 1. The molecular weight excluding hydrogens is 244 g/mol. The molecule has 1 saturated heterocycles. The Labute approximate surface area is 113 Å². The number of hydrogen-bond acceptors (Lipinski definition) is 3. The molecule has 0 spiro atoms. The Morgan fingerprint density at radius 3 is 2.16 bits per heavy atom. The molecule has 0 aromatic rings. The van der Waals surface area contributed by atoms with Gasteiger partial charge >= 0.3 is 5.97 Å². The molecule has 0 unspecified atom stereocenters. The van der Waals surface area contributed by atoms with E-state index in [9.17, 15) is 14.7 Å². The van der Waals surface area contributed by atoms with Crippen molar-refractivity contribution in [1.82, 2.24) is 10.6 Å². The second kappa shape index (κ2) is 5.74. The molecule has 0 aromatic carbocycles. The summed E-state index contributed by atoms with van der Waals surface area (Å²) in [5.74, 6) is -1.12. The molecule has 0 aromatic heterocycles. The van der Waals surface area contributed by atoms with E-state index in [-0.39, 0.29) is 5.91 Å². The second-order valence-corrected chi connectivity index (χ2v) is 5.59. The summed E-state index contributed by atoms with van der Waals surface area (Å²) < 4.78 is 0. The highest BCUT2D eigenvalue weighted by atomic mass is 16.4. The Kier molecular flexibility index (Phi) is 4.24. The summed E-state index contributed by atoms with van der Waals surface area (Å²) in [7, 11) is 0. The van der Waals surface area contributed by atoms with Crippen LogP contribution in [0.3, 0.4) is 0 Å². The summed E-state index contributed by atoms with van der Waals surface area (Å²) in [6.45, 7) is 3.25. The topological polar surface area (TPSA) is 78.4 Å². The molecule has 5 nitrogen and oxygen atoms in total. The van der Waals surface area contributed by atoms with E-state index in [1.54, 1.807) is 6.92 Å². The van der Waals surface area contributed by atoms with Crippen molar-refractivity contribution >= 4 is 11.9 Å². The van der Waals surface area contributed by atoms with Gasteiger partial charge in [0.2, 0.25) is 5.91 Å². The standard InChI is InChI=1S/C14H22N2O3/c1-10(11-8-15-9-11)12(17)16-14(13(18)19)6-4-2-3-5-7-14/h15H,2-9H2,1H3,(H,16,17)(H,18,19). The molecule has 1 saturated carbocycles. The number of carboxylic acids is 1. The first-order valence-electron chi connectivity index (χ1n) is 7.00. The van der Waals surface area contributed by atoms with Crippen molar-refractivity contribution in [2.24, 2.45) is 0 Å². The number of carbonyl (C=O) groups excluding carboxylic acids is 1. The van der Waals surface area contributed by atoms with Crippen molar-refractivity contribution in [1.29, 1.82) is 0 Å². The maximum absolute atomic E-state index is 12.2. The van der Waals surface area contributed by atoms with Crippen LogP contribution in [0.5, 0.6) is 0 Å². The number of carbonyl (C=O) groups is 2. The van der Waals surface area contributed by atoms with Crippen LogP contribution in [-0.4, -0.2) is 35.6 Å². The molecule has 1 aliphatic heterocycles. The maximum Gasteiger partial charge on any atom is 0.329 e. The minimum Gasteiger partial charge on any atom is -0.480 e. The Balaban J connectivity index is 2.11. The van der Waals surface area contributed by atoms with Crippen LogP contribution >= 0.6 is 0 Å². The zero-order chi connectivity index (χ0) is 13.9. The van der Waals surface area contributed by atoms with Gasteiger partial charge in [0.15, 0.2) is 0 Å². The van der Waals surface area contributed by atoms with Crippen LogP contribution in [0.1, 0.15) is 45.4 Å². The van der Waals surface area contributed by atoms with E-state index < -0.39 is 11.5 Å². The van der Waals surface area contributed by atoms with Crippen LogP contribution in [0.4, 0.5) is 0 Å². The smallest absolute Gasteiger partial charge is 0.329 e. The van der Waals surface area contributed by atoms with Crippen LogP contribution in [0.15, 0.2) is 11.1 Å². The van der Waals surface area contributed by atoms with Gasteiger partial charge in [-0.1, -0.05) is 25.7 Å². The zero-order valence-corrected chi connectivity index (χ0v) is 11.4. The molecule has 2 rings (SSSR count). The molecule has 3 N–H and O–H groups in total. The average molecular weight is 266 g/mol. The third-order valence-corrected chi connectivity index (χ3v) is 4.27. The summed E-state index contributed by atoms with van der Waals surface area (Å²) in [5.41, 5.74) is 0.683. The van der Waals surface area contributed by atoms with Gasteiger partial charge < -0.3 is 15.7 Å². The van der Waals surface area contributed by atoms with Crippen molar-refractivity contribution in [2.75, 3.05) is 13.1 Å². The lowest BCUT2D eigenvalue weighted by molar-refractivity contribution is -0.147. The lowest BCUT2D eigenvalue weighted by Gasteiger charge is -2.30. The number of rotatable bonds is 3. The highest BCUT2D eigenvalue weighted by molar-refractivity contribution is 5.97. The fourth-order valence-corrected chi connectivity index (χ4v) is 2.71. The SMILES string of the molecule is CC(C(=O)NC1(C(=O)O)CCCCCC1)=C1CNC1. The predicted octanol–water partition coefficient (Wildman–Crippen LogP) is 1.20. The average Bonchev–Trinajstić information content (AvgIpc) is 2.53. The number of hydrogen-bond donors (Lipinski definition) is 3. The van der Waals surface area contributed by atoms with Gasteiger partial charge in [0.05, 0.1) is 0 Å². The summed E-state index contributed by atoms with van der Waals surface area (Å²) in [6, 6.07) is 0. The van der Waals surface area contributed by atoms with E-state index in [1.807, 2.05) is 0 Å². The Morgan fingerprint density at radius 1 is 1.16 bits per heavy atom. The highest BCUT2D eigenvalue weighted by Crippen LogP contribution is 2.28. The van der Waals surface area contributed by atoms with Crippen LogP contribution in [0, 0.1) is 0 Å². The zero-order valence-electron chi connectivity index (χ0n) is 11.4. The largest absolute Gasteiger partial charge is 0.480 e. The maximum atomic E-state index is 12.2. The van der Waals surface area contributed by atoms with Gasteiger partial charge in [-0.2, -0.15) is 0 Å². The Hall–Kier alpha value is -1.36. The second-order valence-electron chi connectivity index (χ2n) is 5.59. The molecule has 2 fully saturated rings. The van der Waals surface area contributed by atoms with Crippen molar-refractivity contribution in [3.05, 3.63) is 11.1 Å². The fraction of sp³-hybridized carbons (Fsp3) is 0.714. The van der Waals surface area contributed by atoms with E-state index in [1.165, 1.54) is 0 Å². The van der Waals surface area contributed by atoms with Crippen LogP contribution in [0.2, 0.25) is 0 Å². The summed E-state index contributed by atoms with van der Waals surface area (Å²) in [6.07, 6.45) is 4.90. The predicted molar refractivity (Wildman–Crippen MR) is 71.8 cm³/mol. The van der Waals surface area contributed by atoms with Crippen LogP contribution in [0.25, 0.3) is 0 Å². The van der Waals surface area contributed by atoms with Gasteiger partial charge in [0.25, 0.3) is 0 Å².